The first-order valence-corrected chi connectivity index (χ1v) is 9.71. The van der Waals surface area contributed by atoms with E-state index < -0.39 is 0 Å². The highest BCUT2D eigenvalue weighted by molar-refractivity contribution is 6.34. The Morgan fingerprint density at radius 3 is 2.16 bits per heavy atom. The van der Waals surface area contributed by atoms with Gasteiger partial charge in [0.2, 0.25) is 11.8 Å². The number of benzene rings is 1. The predicted octanol–water partition coefficient (Wildman–Crippen LogP) is 4.47. The molecular weight excluding hydrogens is 359 g/mol. The lowest BCUT2D eigenvalue weighted by atomic mass is 10.1. The highest BCUT2D eigenvalue weighted by Gasteiger charge is 2.12. The van der Waals surface area contributed by atoms with E-state index in [0.29, 0.717) is 42.3 Å². The molecule has 1 aromatic rings. The molecule has 0 bridgehead atoms. The van der Waals surface area contributed by atoms with Crippen LogP contribution in [0.1, 0.15) is 51.5 Å². The van der Waals surface area contributed by atoms with E-state index in [0.717, 1.165) is 31.5 Å². The molecule has 1 aromatic carbocycles. The molecule has 0 spiro atoms. The second-order valence-electron chi connectivity index (χ2n) is 6.11. The van der Waals surface area contributed by atoms with Crippen LogP contribution in [0.5, 0.6) is 0 Å². The van der Waals surface area contributed by atoms with Gasteiger partial charge in [0.1, 0.15) is 0 Å². The summed E-state index contributed by atoms with van der Waals surface area (Å²) in [5.41, 5.74) is 0.989. The van der Waals surface area contributed by atoms with Crippen LogP contribution in [0, 0.1) is 0 Å². The average Bonchev–Trinajstić information content (AvgIpc) is 2.53. The van der Waals surface area contributed by atoms with Crippen molar-refractivity contribution in [1.82, 2.24) is 10.2 Å². The first-order chi connectivity index (χ1) is 12.0. The number of hydrogen-bond acceptors (Lipinski definition) is 2. The van der Waals surface area contributed by atoms with Crippen LogP contribution in [0.2, 0.25) is 10.0 Å². The molecule has 0 unspecified atom stereocenters. The Balaban J connectivity index is 2.25. The molecule has 1 N–H and O–H groups in total. The van der Waals surface area contributed by atoms with Gasteiger partial charge in [0.25, 0.3) is 0 Å². The summed E-state index contributed by atoms with van der Waals surface area (Å²) in [5, 5.41) is 4.06. The van der Waals surface area contributed by atoms with Gasteiger partial charge in [-0.05, 0) is 49.4 Å². The number of carbonyl (C=O) groups is 2. The number of nitrogens with zero attached hydrogens (tertiary/aromatic N) is 1. The van der Waals surface area contributed by atoms with E-state index in [1.807, 2.05) is 17.0 Å². The number of halogens is 2. The SMILES string of the molecule is CCCN(CCC)C(=O)CCCC(=O)NCCc1cc(Cl)cc(Cl)c1. The Kier molecular flexibility index (Phi) is 10.6. The van der Waals surface area contributed by atoms with Crippen molar-refractivity contribution in [3.05, 3.63) is 33.8 Å². The summed E-state index contributed by atoms with van der Waals surface area (Å²) >= 11 is 11.9. The van der Waals surface area contributed by atoms with E-state index in [2.05, 4.69) is 19.2 Å². The predicted molar refractivity (Wildman–Crippen MR) is 104 cm³/mol. The molecule has 6 heteroatoms. The van der Waals surface area contributed by atoms with Crippen LogP contribution in [-0.2, 0) is 16.0 Å². The van der Waals surface area contributed by atoms with Crippen molar-refractivity contribution in [2.45, 2.75) is 52.4 Å². The number of amides is 2. The van der Waals surface area contributed by atoms with Crippen molar-refractivity contribution < 1.29 is 9.59 Å². The molecule has 0 aliphatic carbocycles. The molecule has 0 atom stereocenters. The first kappa shape index (κ1) is 21.8. The van der Waals surface area contributed by atoms with Crippen molar-refractivity contribution in [1.29, 1.82) is 0 Å². The van der Waals surface area contributed by atoms with E-state index in [1.165, 1.54) is 0 Å². The zero-order valence-corrected chi connectivity index (χ0v) is 16.6. The van der Waals surface area contributed by atoms with Gasteiger partial charge in [-0.3, -0.25) is 9.59 Å². The molecule has 0 fully saturated rings. The smallest absolute Gasteiger partial charge is 0.222 e. The number of carbonyl (C=O) groups excluding carboxylic acids is 2. The Morgan fingerprint density at radius 1 is 1.00 bits per heavy atom. The fourth-order valence-corrected chi connectivity index (χ4v) is 3.22. The lowest BCUT2D eigenvalue weighted by Gasteiger charge is -2.21. The Labute approximate surface area is 160 Å². The summed E-state index contributed by atoms with van der Waals surface area (Å²) in [6.45, 7) is 6.25. The van der Waals surface area contributed by atoms with Crippen molar-refractivity contribution >= 4 is 35.0 Å². The van der Waals surface area contributed by atoms with Gasteiger partial charge in [-0.2, -0.15) is 0 Å². The third-order valence-electron chi connectivity index (χ3n) is 3.79. The van der Waals surface area contributed by atoms with Gasteiger partial charge >= 0.3 is 0 Å². The van der Waals surface area contributed by atoms with Crippen molar-refractivity contribution in [2.75, 3.05) is 19.6 Å². The van der Waals surface area contributed by atoms with Gasteiger partial charge in [-0.15, -0.1) is 0 Å². The number of nitrogens with one attached hydrogen (secondary N) is 1. The summed E-state index contributed by atoms with van der Waals surface area (Å²) in [4.78, 5) is 25.9. The Morgan fingerprint density at radius 2 is 1.60 bits per heavy atom. The molecule has 0 aliphatic heterocycles. The van der Waals surface area contributed by atoms with Gasteiger partial charge in [0, 0.05) is 42.5 Å². The Hall–Kier alpha value is -1.26. The van der Waals surface area contributed by atoms with Gasteiger partial charge < -0.3 is 10.2 Å². The minimum atomic E-state index is -0.0292. The largest absolute Gasteiger partial charge is 0.356 e. The lowest BCUT2D eigenvalue weighted by molar-refractivity contribution is -0.131. The van der Waals surface area contributed by atoms with Crippen molar-refractivity contribution in [2.24, 2.45) is 0 Å². The van der Waals surface area contributed by atoms with E-state index in [-0.39, 0.29) is 11.8 Å². The first-order valence-electron chi connectivity index (χ1n) is 8.95. The summed E-state index contributed by atoms with van der Waals surface area (Å²) < 4.78 is 0. The molecule has 140 valence electrons. The quantitative estimate of drug-likeness (QED) is 0.609. The zero-order chi connectivity index (χ0) is 18.7. The molecular formula is C19H28Cl2N2O2. The third kappa shape index (κ3) is 9.13. The molecule has 0 radical (unpaired) electrons. The summed E-state index contributed by atoms with van der Waals surface area (Å²) in [7, 11) is 0. The molecule has 0 heterocycles. The normalized spacial score (nSPS) is 10.6. The van der Waals surface area contributed by atoms with E-state index in [1.54, 1.807) is 6.07 Å². The fourth-order valence-electron chi connectivity index (χ4n) is 2.65. The molecule has 0 aromatic heterocycles. The number of rotatable bonds is 11. The van der Waals surface area contributed by atoms with E-state index in [9.17, 15) is 9.59 Å². The van der Waals surface area contributed by atoms with Crippen LogP contribution in [-0.4, -0.2) is 36.3 Å². The number of hydrogen-bond donors (Lipinski definition) is 1. The van der Waals surface area contributed by atoms with Gasteiger partial charge in [-0.25, -0.2) is 0 Å². The van der Waals surface area contributed by atoms with Crippen LogP contribution < -0.4 is 5.32 Å². The van der Waals surface area contributed by atoms with Gasteiger partial charge in [0.05, 0.1) is 0 Å². The minimum Gasteiger partial charge on any atom is -0.356 e. The zero-order valence-electron chi connectivity index (χ0n) is 15.1. The summed E-state index contributed by atoms with van der Waals surface area (Å²) in [6.07, 6.45) is 3.97. The standard InChI is InChI=1S/C19H28Cl2N2O2/c1-3-10-23(11-4-2)19(25)7-5-6-18(24)22-9-8-15-12-16(20)14-17(21)13-15/h12-14H,3-11H2,1-2H3,(H,22,24). The maximum Gasteiger partial charge on any atom is 0.222 e. The molecule has 2 amide bonds. The molecule has 0 saturated heterocycles. The van der Waals surface area contributed by atoms with Gasteiger partial charge in [0.15, 0.2) is 0 Å². The van der Waals surface area contributed by atoms with Crippen LogP contribution in [0.4, 0.5) is 0 Å². The average molecular weight is 387 g/mol. The van der Waals surface area contributed by atoms with Crippen LogP contribution in [0.25, 0.3) is 0 Å². The van der Waals surface area contributed by atoms with E-state index >= 15 is 0 Å². The highest BCUT2D eigenvalue weighted by Crippen LogP contribution is 2.19. The lowest BCUT2D eigenvalue weighted by Crippen LogP contribution is -2.32. The fraction of sp³-hybridized carbons (Fsp3) is 0.579. The van der Waals surface area contributed by atoms with Crippen LogP contribution in [0.15, 0.2) is 18.2 Å². The third-order valence-corrected chi connectivity index (χ3v) is 4.23. The second-order valence-corrected chi connectivity index (χ2v) is 6.98. The van der Waals surface area contributed by atoms with Crippen molar-refractivity contribution in [3.63, 3.8) is 0 Å². The van der Waals surface area contributed by atoms with E-state index in [4.69, 9.17) is 23.2 Å². The monoisotopic (exact) mass is 386 g/mol. The molecule has 0 saturated carbocycles. The van der Waals surface area contributed by atoms with Gasteiger partial charge in [-0.1, -0.05) is 37.0 Å². The molecule has 1 rings (SSSR count). The maximum atomic E-state index is 12.1. The topological polar surface area (TPSA) is 49.4 Å². The van der Waals surface area contributed by atoms with Crippen LogP contribution >= 0.6 is 23.2 Å². The minimum absolute atomic E-state index is 0.0292. The summed E-state index contributed by atoms with van der Waals surface area (Å²) in [5.74, 6) is 0.114. The molecule has 4 nitrogen and oxygen atoms in total. The molecule has 25 heavy (non-hydrogen) atoms. The second kappa shape index (κ2) is 12.2. The van der Waals surface area contributed by atoms with Crippen LogP contribution in [0.3, 0.4) is 0 Å². The summed E-state index contributed by atoms with van der Waals surface area (Å²) in [6, 6.07) is 5.37. The maximum absolute atomic E-state index is 12.1. The van der Waals surface area contributed by atoms with Crippen molar-refractivity contribution in [3.8, 4) is 0 Å². The molecule has 0 aliphatic rings. The Bertz CT molecular complexity index is 538. The highest BCUT2D eigenvalue weighted by atomic mass is 35.5.